The van der Waals surface area contributed by atoms with Crippen molar-refractivity contribution in [2.45, 2.75) is 26.6 Å². The number of alkyl halides is 3. The molecule has 1 N–H and O–H groups in total. The molecule has 158 valence electrons. The van der Waals surface area contributed by atoms with Gasteiger partial charge in [-0.3, -0.25) is 4.79 Å². The van der Waals surface area contributed by atoms with Crippen LogP contribution in [0.3, 0.4) is 0 Å². The normalized spacial score (nSPS) is 15.1. The second-order valence-corrected chi connectivity index (χ2v) is 6.17. The van der Waals surface area contributed by atoms with Gasteiger partial charge in [0, 0.05) is 45.2 Å². The summed E-state index contributed by atoms with van der Waals surface area (Å²) in [6.45, 7) is 5.56. The Morgan fingerprint density at radius 1 is 1.18 bits per heavy atom. The number of nitrogens with one attached hydrogen (secondary N) is 1. The summed E-state index contributed by atoms with van der Waals surface area (Å²) in [5, 5.41) is 3.19. The van der Waals surface area contributed by atoms with E-state index < -0.39 is 12.8 Å². The van der Waals surface area contributed by atoms with Gasteiger partial charge in [0.2, 0.25) is 5.91 Å². The minimum atomic E-state index is -4.39. The average molecular weight is 514 g/mol. The number of guanidine groups is 1. The number of benzene rings is 1. The Hall–Kier alpha value is -1.72. The van der Waals surface area contributed by atoms with Crippen molar-refractivity contribution in [3.05, 3.63) is 29.8 Å². The third-order valence-electron chi connectivity index (χ3n) is 4.12. The maximum absolute atomic E-state index is 12.4. The van der Waals surface area contributed by atoms with Crippen LogP contribution < -0.4 is 10.1 Å². The van der Waals surface area contributed by atoms with Crippen LogP contribution in [0, 0.1) is 0 Å². The van der Waals surface area contributed by atoms with Crippen LogP contribution in [-0.4, -0.2) is 67.2 Å². The molecule has 0 unspecified atom stereocenters. The van der Waals surface area contributed by atoms with Crippen molar-refractivity contribution in [2.75, 3.05) is 39.3 Å². The Bertz CT molecular complexity index is 662. The number of amides is 1. The predicted octanol–water partition coefficient (Wildman–Crippen LogP) is 2.88. The lowest BCUT2D eigenvalue weighted by atomic mass is 10.2. The van der Waals surface area contributed by atoms with Crippen molar-refractivity contribution in [1.82, 2.24) is 15.1 Å². The van der Waals surface area contributed by atoms with E-state index in [1.54, 1.807) is 30.0 Å². The first-order valence-electron chi connectivity index (χ1n) is 8.86. The fraction of sp³-hybridized carbons (Fsp3) is 0.556. The number of carbonyl (C=O) groups is 1. The highest BCUT2D eigenvalue weighted by molar-refractivity contribution is 14.0. The molecule has 1 aliphatic heterocycles. The monoisotopic (exact) mass is 514 g/mol. The van der Waals surface area contributed by atoms with Gasteiger partial charge in [-0.15, -0.1) is 24.0 Å². The Labute approximate surface area is 180 Å². The van der Waals surface area contributed by atoms with Gasteiger partial charge < -0.3 is 19.9 Å². The quantitative estimate of drug-likeness (QED) is 0.373. The number of carbonyl (C=O) groups excluding carboxylic acids is 1. The summed E-state index contributed by atoms with van der Waals surface area (Å²) in [5.74, 6) is 0.898. The first-order chi connectivity index (χ1) is 12.8. The summed E-state index contributed by atoms with van der Waals surface area (Å²) in [5.41, 5.74) is 0.583. The molecular weight excluding hydrogens is 488 g/mol. The topological polar surface area (TPSA) is 57.2 Å². The number of rotatable bonds is 5. The van der Waals surface area contributed by atoms with Crippen LogP contribution in [0.2, 0.25) is 0 Å². The summed E-state index contributed by atoms with van der Waals surface area (Å²) in [6, 6.07) is 6.58. The second-order valence-electron chi connectivity index (χ2n) is 6.17. The average Bonchev–Trinajstić information content (AvgIpc) is 2.63. The molecule has 1 amide bonds. The number of para-hydroxylation sites is 1. The van der Waals surface area contributed by atoms with E-state index in [9.17, 15) is 18.0 Å². The molecular formula is C18H26F3IN4O2. The number of ether oxygens (including phenoxy) is 1. The molecule has 1 aromatic rings. The van der Waals surface area contributed by atoms with Crippen LogP contribution in [0.25, 0.3) is 0 Å². The van der Waals surface area contributed by atoms with E-state index in [2.05, 4.69) is 10.3 Å². The van der Waals surface area contributed by atoms with Crippen LogP contribution >= 0.6 is 24.0 Å². The van der Waals surface area contributed by atoms with E-state index >= 15 is 0 Å². The largest absolute Gasteiger partial charge is 0.484 e. The van der Waals surface area contributed by atoms with Crippen LogP contribution in [0.5, 0.6) is 5.75 Å². The molecule has 2 rings (SSSR count). The third kappa shape index (κ3) is 7.72. The molecule has 1 aromatic carbocycles. The van der Waals surface area contributed by atoms with Crippen molar-refractivity contribution in [1.29, 1.82) is 0 Å². The molecule has 6 nitrogen and oxygen atoms in total. The highest BCUT2D eigenvalue weighted by Crippen LogP contribution is 2.23. The zero-order valence-corrected chi connectivity index (χ0v) is 18.3. The van der Waals surface area contributed by atoms with Gasteiger partial charge in [-0.05, 0) is 13.0 Å². The second kappa shape index (κ2) is 11.3. The van der Waals surface area contributed by atoms with Crippen molar-refractivity contribution in [2.24, 2.45) is 4.99 Å². The lowest BCUT2D eigenvalue weighted by molar-refractivity contribution is -0.153. The van der Waals surface area contributed by atoms with Gasteiger partial charge in [0.15, 0.2) is 12.6 Å². The number of halogens is 4. The van der Waals surface area contributed by atoms with Gasteiger partial charge in [-0.25, -0.2) is 4.99 Å². The van der Waals surface area contributed by atoms with E-state index in [0.29, 0.717) is 44.2 Å². The van der Waals surface area contributed by atoms with E-state index in [1.807, 2.05) is 11.8 Å². The minimum Gasteiger partial charge on any atom is -0.484 e. The molecule has 1 heterocycles. The van der Waals surface area contributed by atoms with Crippen LogP contribution in [0.15, 0.2) is 29.3 Å². The van der Waals surface area contributed by atoms with Gasteiger partial charge in [-0.1, -0.05) is 18.2 Å². The number of nitrogens with zero attached hydrogens (tertiary/aromatic N) is 3. The highest BCUT2D eigenvalue weighted by atomic mass is 127. The van der Waals surface area contributed by atoms with Crippen molar-refractivity contribution in [3.8, 4) is 5.75 Å². The van der Waals surface area contributed by atoms with E-state index in [4.69, 9.17) is 4.74 Å². The standard InChI is InChI=1S/C18H25F3N4O2.HI/c1-3-22-17(25-10-8-24(9-11-25)14(2)26)23-12-15-6-4-5-7-16(15)27-13-18(19,20)21;/h4-7H,3,8-13H2,1-2H3,(H,22,23);1H. The van der Waals surface area contributed by atoms with Crippen molar-refractivity contribution < 1.29 is 22.7 Å². The molecule has 0 saturated carbocycles. The third-order valence-corrected chi connectivity index (χ3v) is 4.12. The summed E-state index contributed by atoms with van der Waals surface area (Å²) in [6.07, 6.45) is -4.39. The van der Waals surface area contributed by atoms with Gasteiger partial charge in [0.25, 0.3) is 0 Å². The Morgan fingerprint density at radius 3 is 2.36 bits per heavy atom. The summed E-state index contributed by atoms with van der Waals surface area (Å²) in [7, 11) is 0. The van der Waals surface area contributed by atoms with Crippen molar-refractivity contribution in [3.63, 3.8) is 0 Å². The molecule has 0 bridgehead atoms. The maximum Gasteiger partial charge on any atom is 0.422 e. The summed E-state index contributed by atoms with van der Waals surface area (Å²) >= 11 is 0. The molecule has 1 aliphatic rings. The Kier molecular flexibility index (Phi) is 9.83. The van der Waals surface area contributed by atoms with Crippen LogP contribution in [0.4, 0.5) is 13.2 Å². The van der Waals surface area contributed by atoms with Crippen LogP contribution in [0.1, 0.15) is 19.4 Å². The molecule has 1 saturated heterocycles. The molecule has 10 heteroatoms. The number of hydrogen-bond acceptors (Lipinski definition) is 3. The fourth-order valence-corrected chi connectivity index (χ4v) is 2.75. The molecule has 0 aliphatic carbocycles. The molecule has 28 heavy (non-hydrogen) atoms. The lowest BCUT2D eigenvalue weighted by Gasteiger charge is -2.36. The lowest BCUT2D eigenvalue weighted by Crippen LogP contribution is -2.53. The van der Waals surface area contributed by atoms with Crippen LogP contribution in [-0.2, 0) is 11.3 Å². The number of hydrogen-bond donors (Lipinski definition) is 1. The maximum atomic E-state index is 12.4. The molecule has 0 atom stereocenters. The first-order valence-corrected chi connectivity index (χ1v) is 8.86. The fourth-order valence-electron chi connectivity index (χ4n) is 2.75. The molecule has 0 aromatic heterocycles. The smallest absolute Gasteiger partial charge is 0.422 e. The molecule has 0 radical (unpaired) electrons. The van der Waals surface area contributed by atoms with Gasteiger partial charge in [-0.2, -0.15) is 13.2 Å². The molecule has 0 spiro atoms. The molecule has 1 fully saturated rings. The zero-order chi connectivity index (χ0) is 19.9. The Balaban J connectivity index is 0.00000392. The number of aliphatic imine (C=N–C) groups is 1. The zero-order valence-electron chi connectivity index (χ0n) is 16.0. The minimum absolute atomic E-state index is 0. The van der Waals surface area contributed by atoms with Crippen molar-refractivity contribution >= 4 is 35.8 Å². The van der Waals surface area contributed by atoms with Gasteiger partial charge in [0.05, 0.1) is 6.54 Å². The Morgan fingerprint density at radius 2 is 1.79 bits per heavy atom. The summed E-state index contributed by atoms with van der Waals surface area (Å²) < 4.78 is 42.2. The summed E-state index contributed by atoms with van der Waals surface area (Å²) in [4.78, 5) is 19.8. The van der Waals surface area contributed by atoms with E-state index in [0.717, 1.165) is 0 Å². The van der Waals surface area contributed by atoms with Gasteiger partial charge in [0.1, 0.15) is 5.75 Å². The predicted molar refractivity (Wildman–Crippen MR) is 112 cm³/mol. The van der Waals surface area contributed by atoms with E-state index in [1.165, 1.54) is 6.07 Å². The first kappa shape index (κ1) is 24.3. The van der Waals surface area contributed by atoms with Gasteiger partial charge >= 0.3 is 6.18 Å². The number of piperazine rings is 1. The SMILES string of the molecule is CCNC(=NCc1ccccc1OCC(F)(F)F)N1CCN(C(C)=O)CC1.I. The highest BCUT2D eigenvalue weighted by Gasteiger charge is 2.28. The van der Waals surface area contributed by atoms with E-state index in [-0.39, 0.29) is 42.2 Å².